The van der Waals surface area contributed by atoms with Gasteiger partial charge in [-0.2, -0.15) is 4.98 Å². The van der Waals surface area contributed by atoms with Crippen LogP contribution >= 0.6 is 11.6 Å². The number of nitrogens with zero attached hydrogens (tertiary/aromatic N) is 2. The van der Waals surface area contributed by atoms with E-state index in [1.54, 1.807) is 6.92 Å². The van der Waals surface area contributed by atoms with E-state index in [0.717, 1.165) is 4.57 Å². The third kappa shape index (κ3) is 2.63. The van der Waals surface area contributed by atoms with Crippen molar-refractivity contribution >= 4 is 17.4 Å². The molecule has 114 valence electrons. The van der Waals surface area contributed by atoms with E-state index in [1.165, 1.54) is 19.2 Å². The average Bonchev–Trinajstić information content (AvgIpc) is 2.64. The van der Waals surface area contributed by atoms with Crippen molar-refractivity contribution in [3.8, 4) is 11.8 Å². The number of aliphatic hydroxyl groups excluding tert-OH is 2. The van der Waals surface area contributed by atoms with Crippen molar-refractivity contribution in [1.82, 2.24) is 9.55 Å². The molecule has 0 saturated carbocycles. The summed E-state index contributed by atoms with van der Waals surface area (Å²) in [5.41, 5.74) is 4.76. The Morgan fingerprint density at radius 1 is 1.67 bits per heavy atom. The highest BCUT2D eigenvalue weighted by Gasteiger charge is 2.57. The van der Waals surface area contributed by atoms with Crippen LogP contribution in [-0.4, -0.2) is 43.0 Å². The molecule has 1 fully saturated rings. The Morgan fingerprint density at radius 2 is 2.33 bits per heavy atom. The lowest BCUT2D eigenvalue weighted by atomic mass is 9.96. The Balaban J connectivity index is 2.54. The monoisotopic (exact) mass is 313 g/mol. The first-order chi connectivity index (χ1) is 9.81. The molecule has 0 amide bonds. The van der Waals surface area contributed by atoms with Crippen LogP contribution in [-0.2, 0) is 4.74 Å². The van der Waals surface area contributed by atoms with E-state index in [9.17, 15) is 15.0 Å². The molecule has 8 heteroatoms. The van der Waals surface area contributed by atoms with Crippen molar-refractivity contribution in [2.45, 2.75) is 43.3 Å². The van der Waals surface area contributed by atoms with Gasteiger partial charge in [0.15, 0.2) is 11.1 Å². The lowest BCUT2D eigenvalue weighted by Crippen LogP contribution is -2.44. The van der Waals surface area contributed by atoms with Crippen molar-refractivity contribution in [3.05, 3.63) is 22.7 Å². The van der Waals surface area contributed by atoms with Gasteiger partial charge in [-0.05, 0) is 19.9 Å². The number of hydrogen-bond donors (Lipinski definition) is 3. The number of alkyl halides is 1. The van der Waals surface area contributed by atoms with E-state index in [1.807, 2.05) is 0 Å². The standard InChI is InChI=1S/C13H16ClN3O4/c1-3-5-13(14)10(19)9(7(2)18)21-11(13)17-6-4-8(15)16-12(17)20/h4,6-7,9-11,18-19H,1-2H3,(H2,15,16,20)/t7-,9-,10+,11-,13?/m1/s1. The largest absolute Gasteiger partial charge is 0.391 e. The van der Waals surface area contributed by atoms with Crippen molar-refractivity contribution < 1.29 is 14.9 Å². The zero-order valence-corrected chi connectivity index (χ0v) is 12.3. The van der Waals surface area contributed by atoms with Crippen LogP contribution in [0, 0.1) is 11.8 Å². The molecule has 5 atom stereocenters. The first-order valence-corrected chi connectivity index (χ1v) is 6.68. The van der Waals surface area contributed by atoms with Crippen LogP contribution in [0.25, 0.3) is 0 Å². The highest BCUT2D eigenvalue weighted by molar-refractivity contribution is 6.27. The summed E-state index contributed by atoms with van der Waals surface area (Å²) in [5.74, 6) is 5.32. The van der Waals surface area contributed by atoms with Gasteiger partial charge in [0.25, 0.3) is 0 Å². The maximum atomic E-state index is 11.9. The first kappa shape index (κ1) is 15.8. The second-order valence-electron chi connectivity index (χ2n) is 4.82. The van der Waals surface area contributed by atoms with Gasteiger partial charge in [0, 0.05) is 6.20 Å². The second-order valence-corrected chi connectivity index (χ2v) is 5.45. The number of rotatable bonds is 2. The zero-order valence-electron chi connectivity index (χ0n) is 11.5. The number of hydrogen-bond acceptors (Lipinski definition) is 6. The van der Waals surface area contributed by atoms with Crippen molar-refractivity contribution in [3.63, 3.8) is 0 Å². The normalized spacial score (nSPS) is 33.3. The molecule has 1 aliphatic rings. The number of aromatic nitrogens is 2. The van der Waals surface area contributed by atoms with Gasteiger partial charge < -0.3 is 20.7 Å². The number of nitrogens with two attached hydrogens (primary N) is 1. The minimum atomic E-state index is -1.57. The van der Waals surface area contributed by atoms with E-state index in [-0.39, 0.29) is 5.82 Å². The summed E-state index contributed by atoms with van der Waals surface area (Å²) >= 11 is 6.39. The van der Waals surface area contributed by atoms with Gasteiger partial charge in [-0.15, -0.1) is 5.92 Å². The predicted molar refractivity (Wildman–Crippen MR) is 76.5 cm³/mol. The first-order valence-electron chi connectivity index (χ1n) is 6.30. The molecular formula is C13H16ClN3O4. The number of nitrogen functional groups attached to an aromatic ring is 1. The molecule has 1 aromatic rings. The van der Waals surface area contributed by atoms with Crippen molar-refractivity contribution in [1.29, 1.82) is 0 Å². The Bertz CT molecular complexity index is 651. The molecule has 1 unspecified atom stereocenters. The van der Waals surface area contributed by atoms with Crippen LogP contribution in [0.2, 0.25) is 0 Å². The van der Waals surface area contributed by atoms with Crippen LogP contribution in [0.4, 0.5) is 5.82 Å². The molecule has 1 saturated heterocycles. The molecule has 0 bridgehead atoms. The van der Waals surface area contributed by atoms with E-state index in [0.29, 0.717) is 0 Å². The fraction of sp³-hybridized carbons (Fsp3) is 0.538. The Hall–Kier alpha value is -1.59. The lowest BCUT2D eigenvalue weighted by molar-refractivity contribution is -0.0773. The Labute approximate surface area is 126 Å². The summed E-state index contributed by atoms with van der Waals surface area (Å²) < 4.78 is 6.65. The molecule has 0 spiro atoms. The van der Waals surface area contributed by atoms with Crippen LogP contribution in [0.15, 0.2) is 17.1 Å². The van der Waals surface area contributed by atoms with E-state index >= 15 is 0 Å². The maximum absolute atomic E-state index is 11.9. The highest BCUT2D eigenvalue weighted by Crippen LogP contribution is 2.43. The molecular weight excluding hydrogens is 298 g/mol. The van der Waals surface area contributed by atoms with Crippen LogP contribution in [0.3, 0.4) is 0 Å². The Morgan fingerprint density at radius 3 is 2.86 bits per heavy atom. The van der Waals surface area contributed by atoms with E-state index < -0.39 is 35.1 Å². The fourth-order valence-corrected chi connectivity index (χ4v) is 2.66. The summed E-state index contributed by atoms with van der Waals surface area (Å²) in [5, 5.41) is 20.0. The van der Waals surface area contributed by atoms with Gasteiger partial charge in [0.2, 0.25) is 0 Å². The quantitative estimate of drug-likeness (QED) is 0.500. The highest BCUT2D eigenvalue weighted by atomic mass is 35.5. The molecule has 1 aliphatic heterocycles. The van der Waals surface area contributed by atoms with Crippen molar-refractivity contribution in [2.75, 3.05) is 5.73 Å². The molecule has 4 N–H and O–H groups in total. The van der Waals surface area contributed by atoms with E-state index in [4.69, 9.17) is 22.1 Å². The van der Waals surface area contributed by atoms with Gasteiger partial charge >= 0.3 is 5.69 Å². The number of aliphatic hydroxyl groups is 2. The van der Waals surface area contributed by atoms with Gasteiger partial charge in [0.05, 0.1) is 6.10 Å². The maximum Gasteiger partial charge on any atom is 0.351 e. The number of anilines is 1. The predicted octanol–water partition coefficient (Wildman–Crippen LogP) is -0.535. The van der Waals surface area contributed by atoms with E-state index in [2.05, 4.69) is 16.8 Å². The molecule has 0 aromatic carbocycles. The van der Waals surface area contributed by atoms with Gasteiger partial charge in [-0.3, -0.25) is 4.57 Å². The minimum Gasteiger partial charge on any atom is -0.391 e. The Kier molecular flexibility index (Phi) is 4.25. The third-order valence-electron chi connectivity index (χ3n) is 3.28. The molecule has 7 nitrogen and oxygen atoms in total. The van der Waals surface area contributed by atoms with Crippen LogP contribution in [0.5, 0.6) is 0 Å². The molecule has 2 rings (SSSR count). The summed E-state index contributed by atoms with van der Waals surface area (Å²) in [6.07, 6.45) is -2.97. The van der Waals surface area contributed by atoms with Gasteiger partial charge in [-0.1, -0.05) is 17.5 Å². The van der Waals surface area contributed by atoms with Gasteiger partial charge in [-0.25, -0.2) is 4.79 Å². The number of ether oxygens (including phenoxy) is 1. The lowest BCUT2D eigenvalue weighted by Gasteiger charge is -2.25. The molecule has 2 heterocycles. The summed E-state index contributed by atoms with van der Waals surface area (Å²) in [6, 6.07) is 1.41. The zero-order chi connectivity index (χ0) is 15.8. The summed E-state index contributed by atoms with van der Waals surface area (Å²) in [7, 11) is 0. The van der Waals surface area contributed by atoms with Crippen LogP contribution < -0.4 is 11.4 Å². The van der Waals surface area contributed by atoms with Crippen molar-refractivity contribution in [2.24, 2.45) is 0 Å². The summed E-state index contributed by atoms with van der Waals surface area (Å²) in [4.78, 5) is 14.0. The van der Waals surface area contributed by atoms with Gasteiger partial charge in [0.1, 0.15) is 18.0 Å². The minimum absolute atomic E-state index is 0.0589. The smallest absolute Gasteiger partial charge is 0.351 e. The number of halogens is 1. The average molecular weight is 314 g/mol. The molecule has 0 radical (unpaired) electrons. The third-order valence-corrected chi connectivity index (χ3v) is 3.79. The van der Waals surface area contributed by atoms with Crippen LogP contribution in [0.1, 0.15) is 20.1 Å². The SMILES string of the molecule is CC#CC1(Cl)[C@@H](O)[C@@H]([C@@H](C)O)O[C@H]1n1ccc(N)nc1=O. The summed E-state index contributed by atoms with van der Waals surface area (Å²) in [6.45, 7) is 3.00. The fourth-order valence-electron chi connectivity index (χ4n) is 2.28. The molecule has 0 aliphatic carbocycles. The topological polar surface area (TPSA) is 111 Å². The molecule has 21 heavy (non-hydrogen) atoms. The second kappa shape index (κ2) is 5.66. The molecule has 1 aromatic heterocycles.